The van der Waals surface area contributed by atoms with Crippen molar-refractivity contribution in [1.29, 1.82) is 0 Å². The maximum Gasteiger partial charge on any atom is 0.407 e. The number of carbonyl (C=O) groups excluding carboxylic acids is 1. The van der Waals surface area contributed by atoms with E-state index in [4.69, 9.17) is 5.11 Å². The van der Waals surface area contributed by atoms with Crippen LogP contribution in [0.5, 0.6) is 0 Å². The molecule has 1 N–H and O–H groups in total. The number of ether oxygens (including phenoxy) is 1. The molecule has 84 valence electrons. The van der Waals surface area contributed by atoms with Gasteiger partial charge in [-0.1, -0.05) is 12.5 Å². The van der Waals surface area contributed by atoms with Crippen LogP contribution in [0.25, 0.3) is 0 Å². The summed E-state index contributed by atoms with van der Waals surface area (Å²) in [6, 6.07) is 0. The zero-order chi connectivity index (χ0) is 11.4. The van der Waals surface area contributed by atoms with Gasteiger partial charge in [-0.3, -0.25) is 0 Å². The molecule has 1 aliphatic heterocycles. The Morgan fingerprint density at radius 1 is 1.60 bits per heavy atom. The van der Waals surface area contributed by atoms with Gasteiger partial charge in [0.2, 0.25) is 0 Å². The monoisotopic (exact) mass is 213 g/mol. The van der Waals surface area contributed by atoms with E-state index in [0.29, 0.717) is 19.5 Å². The van der Waals surface area contributed by atoms with Crippen molar-refractivity contribution in [1.82, 2.24) is 4.90 Å². The van der Waals surface area contributed by atoms with Crippen LogP contribution >= 0.6 is 0 Å². The second-order valence-corrected chi connectivity index (χ2v) is 3.62. The lowest BCUT2D eigenvalue weighted by atomic mass is 9.93. The fourth-order valence-corrected chi connectivity index (χ4v) is 1.65. The molecule has 15 heavy (non-hydrogen) atoms. The molecule has 0 aliphatic carbocycles. The molecule has 0 aromatic rings. The summed E-state index contributed by atoms with van der Waals surface area (Å²) in [7, 11) is 1.33. The number of hydrogen-bond donors (Lipinski definition) is 1. The van der Waals surface area contributed by atoms with Crippen LogP contribution in [0.1, 0.15) is 13.3 Å². The van der Waals surface area contributed by atoms with E-state index < -0.39 is 6.09 Å². The van der Waals surface area contributed by atoms with Gasteiger partial charge in [-0.2, -0.15) is 0 Å². The van der Waals surface area contributed by atoms with Gasteiger partial charge in [0, 0.05) is 19.2 Å². The van der Waals surface area contributed by atoms with E-state index in [1.807, 2.05) is 6.92 Å². The largest absolute Gasteiger partial charge is 0.466 e. The first-order valence-electron chi connectivity index (χ1n) is 4.81. The Balaban J connectivity index is 2.64. The zero-order valence-electron chi connectivity index (χ0n) is 8.90. The Morgan fingerprint density at radius 3 is 2.73 bits per heavy atom. The summed E-state index contributed by atoms with van der Waals surface area (Å²) in [5.41, 5.74) is 0.958. The zero-order valence-corrected chi connectivity index (χ0v) is 8.90. The highest BCUT2D eigenvalue weighted by Crippen LogP contribution is 2.22. The molecule has 0 aromatic carbocycles. The molecule has 1 saturated heterocycles. The van der Waals surface area contributed by atoms with E-state index in [0.717, 1.165) is 5.57 Å². The number of nitrogens with zero attached hydrogens (tertiary/aromatic N) is 1. The predicted octanol–water partition coefficient (Wildman–Crippen LogP) is 1.11. The number of amides is 1. The second-order valence-electron chi connectivity index (χ2n) is 3.62. The minimum absolute atomic E-state index is 0.0777. The van der Waals surface area contributed by atoms with E-state index in [-0.39, 0.29) is 11.9 Å². The average molecular weight is 213 g/mol. The molecule has 5 heteroatoms. The van der Waals surface area contributed by atoms with Gasteiger partial charge >= 0.3 is 12.1 Å². The first kappa shape index (κ1) is 11.6. The highest BCUT2D eigenvalue weighted by molar-refractivity contribution is 5.82. The van der Waals surface area contributed by atoms with Crippen LogP contribution < -0.4 is 0 Å². The summed E-state index contributed by atoms with van der Waals surface area (Å²) in [5.74, 6) is -0.297. The molecule has 1 amide bonds. The van der Waals surface area contributed by atoms with Gasteiger partial charge in [-0.15, -0.1) is 0 Å². The van der Waals surface area contributed by atoms with Crippen LogP contribution in [0.3, 0.4) is 0 Å². The normalized spacial score (nSPS) is 24.0. The van der Waals surface area contributed by atoms with Crippen LogP contribution in [-0.4, -0.2) is 42.3 Å². The second kappa shape index (κ2) is 4.82. The first-order valence-corrected chi connectivity index (χ1v) is 4.81. The van der Waals surface area contributed by atoms with Crippen molar-refractivity contribution in [3.05, 3.63) is 11.6 Å². The fourth-order valence-electron chi connectivity index (χ4n) is 1.65. The maximum atomic E-state index is 11.0. The highest BCUT2D eigenvalue weighted by Gasteiger charge is 2.24. The van der Waals surface area contributed by atoms with E-state index in [9.17, 15) is 9.59 Å². The van der Waals surface area contributed by atoms with E-state index in [1.54, 1.807) is 0 Å². The van der Waals surface area contributed by atoms with Crippen molar-refractivity contribution in [2.75, 3.05) is 20.2 Å². The Kier molecular flexibility index (Phi) is 3.71. The van der Waals surface area contributed by atoms with Crippen molar-refractivity contribution >= 4 is 12.1 Å². The lowest BCUT2D eigenvalue weighted by Gasteiger charge is -2.30. The van der Waals surface area contributed by atoms with Gasteiger partial charge in [-0.25, -0.2) is 9.59 Å². The van der Waals surface area contributed by atoms with Crippen molar-refractivity contribution in [2.24, 2.45) is 5.92 Å². The summed E-state index contributed by atoms with van der Waals surface area (Å²) in [5, 5.41) is 8.79. The minimum atomic E-state index is -0.904. The van der Waals surface area contributed by atoms with Gasteiger partial charge < -0.3 is 14.7 Å². The molecular formula is C10H15NO4. The molecule has 1 rings (SSSR count). The molecular weight excluding hydrogens is 198 g/mol. The standard InChI is InChI=1S/C10H15NO4/c1-7-6-11(10(13)14)4-3-8(7)5-9(12)15-2/h5,7H,3-4,6H2,1-2H3,(H,13,14)/b8-5+. The fraction of sp³-hybridized carbons (Fsp3) is 0.600. The molecule has 0 saturated carbocycles. The number of likely N-dealkylation sites (tertiary alicyclic amines) is 1. The van der Waals surface area contributed by atoms with Crippen LogP contribution in [0.2, 0.25) is 0 Å². The van der Waals surface area contributed by atoms with Crippen LogP contribution in [0, 0.1) is 5.92 Å². The summed E-state index contributed by atoms with van der Waals surface area (Å²) < 4.78 is 4.53. The third-order valence-corrected chi connectivity index (χ3v) is 2.57. The lowest BCUT2D eigenvalue weighted by Crippen LogP contribution is -2.39. The lowest BCUT2D eigenvalue weighted by molar-refractivity contribution is -0.134. The Morgan fingerprint density at radius 2 is 2.27 bits per heavy atom. The van der Waals surface area contributed by atoms with Crippen molar-refractivity contribution < 1.29 is 19.4 Å². The van der Waals surface area contributed by atoms with Crippen molar-refractivity contribution in [2.45, 2.75) is 13.3 Å². The topological polar surface area (TPSA) is 66.8 Å². The van der Waals surface area contributed by atoms with Gasteiger partial charge in [0.1, 0.15) is 0 Å². The number of rotatable bonds is 1. The van der Waals surface area contributed by atoms with Gasteiger partial charge in [0.25, 0.3) is 0 Å². The summed E-state index contributed by atoms with van der Waals surface area (Å²) >= 11 is 0. The predicted molar refractivity (Wildman–Crippen MR) is 53.5 cm³/mol. The number of methoxy groups -OCH3 is 1. The summed E-state index contributed by atoms with van der Waals surface area (Å²) in [6.45, 7) is 2.80. The van der Waals surface area contributed by atoms with Crippen molar-refractivity contribution in [3.8, 4) is 0 Å². The van der Waals surface area contributed by atoms with Gasteiger partial charge in [-0.05, 0) is 12.3 Å². The molecule has 1 atom stereocenters. The molecule has 1 aliphatic rings. The minimum Gasteiger partial charge on any atom is -0.466 e. The Bertz CT molecular complexity index is 298. The van der Waals surface area contributed by atoms with Gasteiger partial charge in [0.15, 0.2) is 0 Å². The number of carboxylic acid groups (broad SMARTS) is 1. The van der Waals surface area contributed by atoms with E-state index >= 15 is 0 Å². The van der Waals surface area contributed by atoms with Crippen LogP contribution in [0.4, 0.5) is 4.79 Å². The Hall–Kier alpha value is -1.52. The number of carbonyl (C=O) groups is 2. The molecule has 0 bridgehead atoms. The quantitative estimate of drug-likeness (QED) is 0.523. The number of piperidine rings is 1. The molecule has 0 aromatic heterocycles. The van der Waals surface area contributed by atoms with E-state index in [2.05, 4.69) is 4.74 Å². The van der Waals surface area contributed by atoms with Crippen molar-refractivity contribution in [3.63, 3.8) is 0 Å². The molecule has 1 unspecified atom stereocenters. The molecule has 0 spiro atoms. The van der Waals surface area contributed by atoms with E-state index in [1.165, 1.54) is 18.1 Å². The molecule has 5 nitrogen and oxygen atoms in total. The maximum absolute atomic E-state index is 11.0. The molecule has 0 radical (unpaired) electrons. The molecule has 1 heterocycles. The van der Waals surface area contributed by atoms with Crippen LogP contribution in [-0.2, 0) is 9.53 Å². The third kappa shape index (κ3) is 2.97. The van der Waals surface area contributed by atoms with Crippen LogP contribution in [0.15, 0.2) is 11.6 Å². The smallest absolute Gasteiger partial charge is 0.407 e. The number of esters is 1. The number of hydrogen-bond acceptors (Lipinski definition) is 3. The SMILES string of the molecule is COC(=O)/C=C1\CCN(C(=O)O)CC1C. The van der Waals surface area contributed by atoms with Gasteiger partial charge in [0.05, 0.1) is 7.11 Å². The average Bonchev–Trinajstić information content (AvgIpc) is 2.20. The summed E-state index contributed by atoms with van der Waals surface area (Å²) in [6.07, 6.45) is 1.16. The molecule has 1 fully saturated rings. The first-order chi connectivity index (χ1) is 7.04. The summed E-state index contributed by atoms with van der Waals surface area (Å²) in [4.78, 5) is 23.1. The Labute approximate surface area is 88.3 Å². The third-order valence-electron chi connectivity index (χ3n) is 2.57. The highest BCUT2D eigenvalue weighted by atomic mass is 16.5.